The van der Waals surface area contributed by atoms with E-state index in [4.69, 9.17) is 7.64 Å². The molecule has 0 spiro atoms. The van der Waals surface area contributed by atoms with Crippen molar-refractivity contribution in [3.8, 4) is 0 Å². The molecule has 16 heavy (non-hydrogen) atoms. The quantitative estimate of drug-likeness (QED) is 0.695. The molecule has 1 aliphatic rings. The van der Waals surface area contributed by atoms with Crippen LogP contribution < -0.4 is 0 Å². The Kier molecular flexibility index (Phi) is 2.57. The minimum absolute atomic E-state index is 0.383. The Morgan fingerprint density at radius 3 is 1.94 bits per heavy atom. The molecule has 0 aliphatic carbocycles. The van der Waals surface area contributed by atoms with E-state index in [1.165, 1.54) is 10.8 Å². The Balaban J connectivity index is 2.16. The zero-order valence-corrected chi connectivity index (χ0v) is 10.2. The van der Waals surface area contributed by atoms with Gasteiger partial charge in [-0.05, 0) is 0 Å². The molecule has 3 rings (SSSR count). The molecule has 0 amide bonds. The Labute approximate surface area is 97.7 Å². The predicted octanol–water partition coefficient (Wildman–Crippen LogP) is 2.30. The van der Waals surface area contributed by atoms with Crippen LogP contribution in [0.2, 0.25) is 0 Å². The number of hydrogen-bond acceptors (Lipinski definition) is 3. The SMILES string of the molecule is O=[Se]1OCc2cc3ccccc3cc2CO1. The van der Waals surface area contributed by atoms with E-state index in [9.17, 15) is 3.83 Å². The van der Waals surface area contributed by atoms with E-state index in [-0.39, 0.29) is 0 Å². The number of hydrogen-bond donors (Lipinski definition) is 0. The first kappa shape index (κ1) is 10.1. The Morgan fingerprint density at radius 1 is 0.938 bits per heavy atom. The van der Waals surface area contributed by atoms with Crippen LogP contribution in [0.25, 0.3) is 10.8 Å². The van der Waals surface area contributed by atoms with Gasteiger partial charge in [0.05, 0.1) is 0 Å². The van der Waals surface area contributed by atoms with E-state index in [1.807, 2.05) is 12.1 Å². The molecular weight excluding hydrogens is 271 g/mol. The van der Waals surface area contributed by atoms with E-state index in [1.54, 1.807) is 0 Å². The fourth-order valence-corrected chi connectivity index (χ4v) is 2.94. The zero-order chi connectivity index (χ0) is 11.0. The van der Waals surface area contributed by atoms with Crippen molar-refractivity contribution >= 4 is 25.3 Å². The van der Waals surface area contributed by atoms with E-state index in [0.717, 1.165) is 11.1 Å². The Bertz CT molecular complexity index is 517. The fraction of sp³-hybridized carbons (Fsp3) is 0.167. The minimum atomic E-state index is -2.52. The van der Waals surface area contributed by atoms with Crippen LogP contribution in [0.4, 0.5) is 0 Å². The number of fused-ring (bicyclic) bond motifs is 2. The average Bonchev–Trinajstić information content (AvgIpc) is 2.49. The van der Waals surface area contributed by atoms with Gasteiger partial charge < -0.3 is 0 Å². The second kappa shape index (κ2) is 4.07. The molecule has 0 unspecified atom stereocenters. The van der Waals surface area contributed by atoms with Crippen molar-refractivity contribution in [3.05, 3.63) is 47.5 Å². The third-order valence-electron chi connectivity index (χ3n) is 2.69. The van der Waals surface area contributed by atoms with Gasteiger partial charge in [-0.25, -0.2) is 0 Å². The summed E-state index contributed by atoms with van der Waals surface area (Å²) in [5.74, 6) is 0. The van der Waals surface area contributed by atoms with Crippen LogP contribution in [0, 0.1) is 0 Å². The van der Waals surface area contributed by atoms with E-state index >= 15 is 0 Å². The monoisotopic (exact) mass is 282 g/mol. The van der Waals surface area contributed by atoms with Gasteiger partial charge >= 0.3 is 97.5 Å². The van der Waals surface area contributed by atoms with Crippen molar-refractivity contribution < 1.29 is 11.5 Å². The van der Waals surface area contributed by atoms with Crippen molar-refractivity contribution in [2.75, 3.05) is 0 Å². The van der Waals surface area contributed by atoms with Gasteiger partial charge in [-0.3, -0.25) is 0 Å². The van der Waals surface area contributed by atoms with Crippen LogP contribution in [0.15, 0.2) is 36.4 Å². The topological polar surface area (TPSA) is 35.5 Å². The van der Waals surface area contributed by atoms with Crippen LogP contribution in [0.5, 0.6) is 0 Å². The summed E-state index contributed by atoms with van der Waals surface area (Å²) in [6.45, 7) is 0.767. The molecular formula is C12H10O3Se. The molecule has 2 aromatic rings. The van der Waals surface area contributed by atoms with E-state index < -0.39 is 14.5 Å². The molecule has 82 valence electrons. The normalized spacial score (nSPS) is 17.0. The number of benzene rings is 2. The first-order valence-corrected chi connectivity index (χ1v) is 7.11. The van der Waals surface area contributed by atoms with Crippen molar-refractivity contribution in [1.29, 1.82) is 0 Å². The molecule has 0 N–H and O–H groups in total. The van der Waals surface area contributed by atoms with Gasteiger partial charge in [0.25, 0.3) is 0 Å². The molecule has 0 aromatic heterocycles. The average molecular weight is 281 g/mol. The molecule has 2 aromatic carbocycles. The van der Waals surface area contributed by atoms with Gasteiger partial charge in [0.15, 0.2) is 0 Å². The van der Waals surface area contributed by atoms with Crippen LogP contribution >= 0.6 is 0 Å². The number of rotatable bonds is 0. The van der Waals surface area contributed by atoms with Gasteiger partial charge in [-0.1, -0.05) is 0 Å². The Hall–Kier alpha value is -1.06. The second-order valence-corrected chi connectivity index (χ2v) is 5.54. The molecule has 3 nitrogen and oxygen atoms in total. The first-order chi connectivity index (χ1) is 7.83. The van der Waals surface area contributed by atoms with Crippen LogP contribution in [0.1, 0.15) is 11.1 Å². The van der Waals surface area contributed by atoms with Gasteiger partial charge in [-0.2, -0.15) is 0 Å². The molecule has 1 aliphatic heterocycles. The van der Waals surface area contributed by atoms with Gasteiger partial charge in [0.2, 0.25) is 0 Å². The van der Waals surface area contributed by atoms with Crippen molar-refractivity contribution in [2.24, 2.45) is 0 Å². The fourth-order valence-electron chi connectivity index (χ4n) is 1.86. The van der Waals surface area contributed by atoms with Crippen LogP contribution in [0.3, 0.4) is 0 Å². The van der Waals surface area contributed by atoms with Gasteiger partial charge in [0.1, 0.15) is 0 Å². The maximum atomic E-state index is 11.2. The summed E-state index contributed by atoms with van der Waals surface area (Å²) in [5, 5.41) is 2.35. The molecule has 0 fully saturated rings. The summed E-state index contributed by atoms with van der Waals surface area (Å²) in [5.41, 5.74) is 2.14. The second-order valence-electron chi connectivity index (χ2n) is 3.70. The molecule has 0 atom stereocenters. The summed E-state index contributed by atoms with van der Waals surface area (Å²) < 4.78 is 21.5. The molecule has 0 radical (unpaired) electrons. The van der Waals surface area contributed by atoms with Crippen LogP contribution in [-0.4, -0.2) is 14.5 Å². The Morgan fingerprint density at radius 2 is 1.44 bits per heavy atom. The van der Waals surface area contributed by atoms with Gasteiger partial charge in [0, 0.05) is 0 Å². The summed E-state index contributed by atoms with van der Waals surface area (Å²) in [6, 6.07) is 12.3. The standard InChI is InChI=1S/C12H10O3Se/c13-16-14-7-11-5-9-3-1-2-4-10(9)6-12(11)8-15-16/h1-6H,7-8H2. The summed E-state index contributed by atoms with van der Waals surface area (Å²) in [4.78, 5) is 0. The van der Waals surface area contributed by atoms with Crippen LogP contribution in [-0.2, 0) is 24.7 Å². The maximum absolute atomic E-state index is 11.2. The van der Waals surface area contributed by atoms with Crippen molar-refractivity contribution in [3.63, 3.8) is 0 Å². The van der Waals surface area contributed by atoms with Crippen molar-refractivity contribution in [1.82, 2.24) is 0 Å². The van der Waals surface area contributed by atoms with E-state index in [0.29, 0.717) is 13.2 Å². The molecule has 4 heteroatoms. The molecule has 1 heterocycles. The molecule has 0 saturated carbocycles. The third-order valence-corrected chi connectivity index (χ3v) is 3.99. The van der Waals surface area contributed by atoms with Crippen molar-refractivity contribution in [2.45, 2.75) is 13.2 Å². The summed E-state index contributed by atoms with van der Waals surface area (Å²) >= 11 is -2.52. The summed E-state index contributed by atoms with van der Waals surface area (Å²) in [6.07, 6.45) is 0. The predicted molar refractivity (Wildman–Crippen MR) is 60.0 cm³/mol. The summed E-state index contributed by atoms with van der Waals surface area (Å²) in [7, 11) is 0. The zero-order valence-electron chi connectivity index (χ0n) is 8.51. The van der Waals surface area contributed by atoms with E-state index in [2.05, 4.69) is 24.3 Å². The third kappa shape index (κ3) is 1.81. The van der Waals surface area contributed by atoms with Gasteiger partial charge in [-0.15, -0.1) is 0 Å². The molecule has 0 bridgehead atoms. The molecule has 0 saturated heterocycles. The first-order valence-electron chi connectivity index (χ1n) is 5.02.